The summed E-state index contributed by atoms with van der Waals surface area (Å²) in [5, 5.41) is 10.1. The van der Waals surface area contributed by atoms with Gasteiger partial charge in [-0.05, 0) is 19.1 Å². The minimum absolute atomic E-state index is 0.260. The predicted molar refractivity (Wildman–Crippen MR) is 70.8 cm³/mol. The number of rotatable bonds is 2. The van der Waals surface area contributed by atoms with Crippen LogP contribution in [-0.2, 0) is 0 Å². The van der Waals surface area contributed by atoms with Crippen molar-refractivity contribution in [3.63, 3.8) is 0 Å². The maximum atomic E-state index is 12.2. The summed E-state index contributed by atoms with van der Waals surface area (Å²) in [5.74, 6) is 0.630. The average Bonchev–Trinajstić information content (AvgIpc) is 2.83. The Morgan fingerprint density at radius 1 is 1.26 bits per heavy atom. The Hall–Kier alpha value is -2.76. The number of hydrogen-bond donors (Lipinski definition) is 2. The Labute approximate surface area is 108 Å². The Kier molecular flexibility index (Phi) is 2.68. The van der Waals surface area contributed by atoms with E-state index in [1.807, 2.05) is 24.3 Å². The number of fused-ring (bicyclic) bond motifs is 1. The van der Waals surface area contributed by atoms with Crippen molar-refractivity contribution in [3.05, 3.63) is 47.9 Å². The van der Waals surface area contributed by atoms with Crippen LogP contribution in [0.2, 0.25) is 0 Å². The summed E-state index contributed by atoms with van der Waals surface area (Å²) in [7, 11) is 0. The third-order valence-corrected chi connectivity index (χ3v) is 2.70. The zero-order valence-electron chi connectivity index (χ0n) is 10.2. The van der Waals surface area contributed by atoms with Crippen LogP contribution in [0.4, 0.5) is 5.95 Å². The molecule has 0 aliphatic rings. The van der Waals surface area contributed by atoms with Crippen LogP contribution in [0.25, 0.3) is 10.9 Å². The molecule has 0 unspecified atom stereocenters. The summed E-state index contributed by atoms with van der Waals surface area (Å²) in [6.45, 7) is 1.77. The van der Waals surface area contributed by atoms with Crippen molar-refractivity contribution >= 4 is 22.8 Å². The van der Waals surface area contributed by atoms with E-state index in [4.69, 9.17) is 0 Å². The van der Waals surface area contributed by atoms with Gasteiger partial charge in [0.25, 0.3) is 5.91 Å². The fourth-order valence-electron chi connectivity index (χ4n) is 1.85. The topological polar surface area (TPSA) is 83.6 Å². The lowest BCUT2D eigenvalue weighted by Gasteiger charge is -2.04. The molecule has 0 fully saturated rings. The first-order valence-corrected chi connectivity index (χ1v) is 5.78. The molecule has 6 nitrogen and oxygen atoms in total. The third kappa shape index (κ3) is 2.15. The van der Waals surface area contributed by atoms with Crippen LogP contribution >= 0.6 is 0 Å². The first-order valence-electron chi connectivity index (χ1n) is 5.78. The molecule has 0 spiro atoms. The molecule has 1 aromatic carbocycles. The quantitative estimate of drug-likeness (QED) is 0.730. The zero-order valence-corrected chi connectivity index (χ0v) is 10.2. The molecule has 2 N–H and O–H groups in total. The molecule has 2 aromatic heterocycles. The highest BCUT2D eigenvalue weighted by molar-refractivity contribution is 6.11. The molecule has 0 bridgehead atoms. The van der Waals surface area contributed by atoms with Gasteiger partial charge < -0.3 is 0 Å². The van der Waals surface area contributed by atoms with Crippen LogP contribution in [0.1, 0.15) is 16.2 Å². The molecule has 0 saturated carbocycles. The Morgan fingerprint density at radius 3 is 2.89 bits per heavy atom. The standard InChI is InChI=1S/C13H11N5O/c1-8-15-13(18-17-8)16-12(19)10-6-2-4-9-5-3-7-14-11(9)10/h2-7H,1H3,(H2,15,16,17,18,19). The molecule has 0 saturated heterocycles. The highest BCUT2D eigenvalue weighted by Gasteiger charge is 2.12. The highest BCUT2D eigenvalue weighted by Crippen LogP contribution is 2.16. The van der Waals surface area contributed by atoms with Gasteiger partial charge in [0, 0.05) is 11.6 Å². The average molecular weight is 253 g/mol. The molecular formula is C13H11N5O. The van der Waals surface area contributed by atoms with Gasteiger partial charge in [0.1, 0.15) is 5.82 Å². The zero-order chi connectivity index (χ0) is 13.2. The number of nitrogens with one attached hydrogen (secondary N) is 2. The number of carbonyl (C=O) groups excluding carboxylic acids is 1. The molecule has 6 heteroatoms. The van der Waals surface area contributed by atoms with Gasteiger partial charge in [0.2, 0.25) is 5.95 Å². The molecule has 3 aromatic rings. The third-order valence-electron chi connectivity index (χ3n) is 2.70. The van der Waals surface area contributed by atoms with Gasteiger partial charge >= 0.3 is 0 Å². The monoisotopic (exact) mass is 253 g/mol. The van der Waals surface area contributed by atoms with Crippen LogP contribution in [0.3, 0.4) is 0 Å². The lowest BCUT2D eigenvalue weighted by molar-refractivity contribution is 0.102. The van der Waals surface area contributed by atoms with Gasteiger partial charge in [-0.15, -0.1) is 5.10 Å². The fraction of sp³-hybridized carbons (Fsp3) is 0.0769. The van der Waals surface area contributed by atoms with Crippen molar-refractivity contribution in [2.24, 2.45) is 0 Å². The first-order chi connectivity index (χ1) is 9.24. The number of anilines is 1. The number of amides is 1. The maximum Gasteiger partial charge on any atom is 0.260 e. The Bertz CT molecular complexity index is 744. The van der Waals surface area contributed by atoms with Crippen LogP contribution in [0.5, 0.6) is 0 Å². The molecule has 3 rings (SSSR count). The number of pyridine rings is 1. The molecule has 0 aliphatic carbocycles. The van der Waals surface area contributed by atoms with Gasteiger partial charge in [-0.1, -0.05) is 18.2 Å². The second-order valence-electron chi connectivity index (χ2n) is 4.08. The summed E-state index contributed by atoms with van der Waals surface area (Å²) < 4.78 is 0. The lowest BCUT2D eigenvalue weighted by atomic mass is 10.1. The number of nitrogens with zero attached hydrogens (tertiary/aromatic N) is 3. The first kappa shape index (κ1) is 11.3. The molecule has 94 valence electrons. The Morgan fingerprint density at radius 2 is 2.11 bits per heavy atom. The SMILES string of the molecule is Cc1nc(NC(=O)c2cccc3cccnc23)n[nH]1. The number of aromatic amines is 1. The van der Waals surface area contributed by atoms with Crippen molar-refractivity contribution in [3.8, 4) is 0 Å². The molecule has 0 atom stereocenters. The van der Waals surface area contributed by atoms with E-state index in [1.54, 1.807) is 19.2 Å². The molecular weight excluding hydrogens is 242 g/mol. The number of aryl methyl sites for hydroxylation is 1. The summed E-state index contributed by atoms with van der Waals surface area (Å²) >= 11 is 0. The molecule has 1 amide bonds. The summed E-state index contributed by atoms with van der Waals surface area (Å²) in [6.07, 6.45) is 1.66. The van der Waals surface area contributed by atoms with Crippen LogP contribution in [-0.4, -0.2) is 26.1 Å². The van der Waals surface area contributed by atoms with Crippen molar-refractivity contribution in [2.45, 2.75) is 6.92 Å². The number of carbonyl (C=O) groups is 1. The van der Waals surface area contributed by atoms with E-state index >= 15 is 0 Å². The summed E-state index contributed by atoms with van der Waals surface area (Å²) in [4.78, 5) is 20.5. The van der Waals surface area contributed by atoms with E-state index in [0.717, 1.165) is 5.39 Å². The predicted octanol–water partition coefficient (Wildman–Crippen LogP) is 1.91. The van der Waals surface area contributed by atoms with E-state index in [2.05, 4.69) is 25.5 Å². The smallest absolute Gasteiger partial charge is 0.260 e. The van der Waals surface area contributed by atoms with Gasteiger partial charge in [-0.3, -0.25) is 20.2 Å². The van der Waals surface area contributed by atoms with Gasteiger partial charge in [-0.25, -0.2) is 0 Å². The maximum absolute atomic E-state index is 12.2. The number of benzene rings is 1. The van der Waals surface area contributed by atoms with Gasteiger partial charge in [0.15, 0.2) is 0 Å². The number of H-pyrrole nitrogens is 1. The van der Waals surface area contributed by atoms with Gasteiger partial charge in [-0.2, -0.15) is 4.98 Å². The second-order valence-corrected chi connectivity index (χ2v) is 4.08. The summed E-state index contributed by atoms with van der Waals surface area (Å²) in [5.41, 5.74) is 1.16. The lowest BCUT2D eigenvalue weighted by Crippen LogP contribution is -2.13. The molecule has 0 radical (unpaired) electrons. The van der Waals surface area contributed by atoms with E-state index in [1.165, 1.54) is 0 Å². The Balaban J connectivity index is 1.97. The highest BCUT2D eigenvalue weighted by atomic mass is 16.1. The molecule has 19 heavy (non-hydrogen) atoms. The second kappa shape index (κ2) is 4.49. The van der Waals surface area contributed by atoms with Crippen LogP contribution in [0.15, 0.2) is 36.5 Å². The van der Waals surface area contributed by atoms with E-state index in [-0.39, 0.29) is 11.9 Å². The van der Waals surface area contributed by atoms with E-state index in [9.17, 15) is 4.79 Å². The van der Waals surface area contributed by atoms with Crippen LogP contribution < -0.4 is 5.32 Å². The largest absolute Gasteiger partial charge is 0.289 e. The van der Waals surface area contributed by atoms with Crippen molar-refractivity contribution in [1.29, 1.82) is 0 Å². The van der Waals surface area contributed by atoms with Crippen molar-refractivity contribution in [1.82, 2.24) is 20.2 Å². The fourth-order valence-corrected chi connectivity index (χ4v) is 1.85. The van der Waals surface area contributed by atoms with Crippen LogP contribution in [0, 0.1) is 6.92 Å². The minimum atomic E-state index is -0.275. The minimum Gasteiger partial charge on any atom is -0.289 e. The van der Waals surface area contributed by atoms with E-state index < -0.39 is 0 Å². The van der Waals surface area contributed by atoms with E-state index in [0.29, 0.717) is 16.9 Å². The summed E-state index contributed by atoms with van der Waals surface area (Å²) in [6, 6.07) is 9.21. The normalized spacial score (nSPS) is 10.6. The number of aromatic nitrogens is 4. The number of para-hydroxylation sites is 1. The molecule has 2 heterocycles. The number of hydrogen-bond acceptors (Lipinski definition) is 4. The van der Waals surface area contributed by atoms with Crippen molar-refractivity contribution < 1.29 is 4.79 Å². The van der Waals surface area contributed by atoms with Gasteiger partial charge in [0.05, 0.1) is 11.1 Å². The van der Waals surface area contributed by atoms with Crippen molar-refractivity contribution in [2.75, 3.05) is 5.32 Å². The molecule has 0 aliphatic heterocycles.